The van der Waals surface area contributed by atoms with E-state index >= 15 is 4.39 Å². The molecule has 4 aliphatic rings. The molecule has 3 unspecified atom stereocenters. The molecule has 2 amide bonds. The van der Waals surface area contributed by atoms with Crippen LogP contribution in [0.5, 0.6) is 11.5 Å². The second kappa shape index (κ2) is 26.7. The Balaban J connectivity index is 0.692. The van der Waals surface area contributed by atoms with E-state index in [1.807, 2.05) is 102 Å². The maximum atomic E-state index is 15.5. The predicted molar refractivity (Wildman–Crippen MR) is 330 cm³/mol. The third-order valence-corrected chi connectivity index (χ3v) is 21.1. The molecule has 10 rings (SSSR count). The first-order chi connectivity index (χ1) is 40.3. The van der Waals surface area contributed by atoms with E-state index in [0.29, 0.717) is 84.2 Å². The maximum Gasteiger partial charge on any atom is 0.348 e. The van der Waals surface area contributed by atoms with Gasteiger partial charge in [-0.1, -0.05) is 71.8 Å². The number of rotatable bonds is 23. The number of aromatic hydroxyl groups is 2. The van der Waals surface area contributed by atoms with Gasteiger partial charge >= 0.3 is 5.69 Å². The van der Waals surface area contributed by atoms with E-state index in [2.05, 4.69) is 33.8 Å². The maximum absolute atomic E-state index is 15.5. The number of carbonyl (C=O) groups is 2. The Labute approximate surface area is 499 Å². The number of nitrogens with one attached hydrogen (secondary N) is 1. The number of aromatic amines is 1. The summed E-state index contributed by atoms with van der Waals surface area (Å²) in [5.74, 6) is 0.130. The third-order valence-electron chi connectivity index (χ3n) is 17.2. The minimum atomic E-state index is -1.19. The molecule has 0 bridgehead atoms. The molecule has 450 valence electrons. The molecule has 2 aromatic heterocycles. The van der Waals surface area contributed by atoms with Crippen molar-refractivity contribution in [1.29, 1.82) is 0 Å². The fourth-order valence-electron chi connectivity index (χ4n) is 11.8. The lowest BCUT2D eigenvalue weighted by Gasteiger charge is -2.37. The van der Waals surface area contributed by atoms with Crippen LogP contribution in [0.2, 0.25) is 0 Å². The van der Waals surface area contributed by atoms with Gasteiger partial charge in [0.15, 0.2) is 5.82 Å². The van der Waals surface area contributed by atoms with Gasteiger partial charge in [-0.2, -0.15) is 10.2 Å². The third kappa shape index (κ3) is 14.8. The molecule has 4 aromatic carbocycles. The van der Waals surface area contributed by atoms with Crippen molar-refractivity contribution in [2.24, 2.45) is 11.8 Å². The molecule has 2 saturated carbocycles. The Bertz CT molecular complexity index is 3410. The van der Waals surface area contributed by atoms with Crippen molar-refractivity contribution in [2.75, 3.05) is 86.1 Å². The number of piperazine rings is 2. The van der Waals surface area contributed by atoms with Crippen molar-refractivity contribution < 1.29 is 29.3 Å². The fraction of sp³-hybridized carbons (Fsp3) is 0.524. The Morgan fingerprint density at radius 1 is 0.821 bits per heavy atom. The van der Waals surface area contributed by atoms with Gasteiger partial charge in [0.1, 0.15) is 30.2 Å². The largest absolute Gasteiger partial charge is 0.508 e. The number of likely N-dealkylation sites (N-methyl/N-ethyl adjacent to an activating group) is 1. The molecule has 18 nitrogen and oxygen atoms in total. The van der Waals surface area contributed by atoms with Crippen LogP contribution < -0.4 is 11.2 Å². The summed E-state index contributed by atoms with van der Waals surface area (Å²) in [6.45, 7) is 17.2. The average molecular weight is 1190 g/mol. The number of aliphatic hydroxyl groups is 1. The van der Waals surface area contributed by atoms with Crippen molar-refractivity contribution in [3.8, 4) is 28.6 Å². The quantitative estimate of drug-likeness (QED) is 0.0450. The van der Waals surface area contributed by atoms with E-state index < -0.39 is 17.7 Å². The minimum absolute atomic E-state index is 0.0000909. The summed E-state index contributed by atoms with van der Waals surface area (Å²) in [5.41, 5.74) is 3.55. The Kier molecular flexibility index (Phi) is 19.4. The van der Waals surface area contributed by atoms with Crippen molar-refractivity contribution in [3.63, 3.8) is 0 Å². The molecule has 21 heteroatoms. The molecule has 2 aliphatic heterocycles. The number of amides is 2. The van der Waals surface area contributed by atoms with Gasteiger partial charge in [0, 0.05) is 118 Å². The van der Waals surface area contributed by atoms with Crippen molar-refractivity contribution in [2.45, 2.75) is 114 Å². The zero-order valence-corrected chi connectivity index (χ0v) is 51.0. The number of phenolic OH excluding ortho intramolecular Hbond substituents is 2. The zero-order chi connectivity index (χ0) is 59.4. The highest BCUT2D eigenvalue weighted by molar-refractivity contribution is 8.77. The summed E-state index contributed by atoms with van der Waals surface area (Å²) in [4.78, 5) is 66.7. The van der Waals surface area contributed by atoms with E-state index in [1.165, 1.54) is 21.4 Å². The number of benzene rings is 4. The van der Waals surface area contributed by atoms with Crippen LogP contribution >= 0.6 is 21.6 Å². The summed E-state index contributed by atoms with van der Waals surface area (Å²) in [6.07, 6.45) is 5.39. The van der Waals surface area contributed by atoms with Crippen LogP contribution in [0.3, 0.4) is 0 Å². The number of hydrogen-bond donors (Lipinski definition) is 4. The van der Waals surface area contributed by atoms with E-state index in [1.54, 1.807) is 34.1 Å². The standard InChI is InChI=1S/C63H82FN11O7S2/c1-41(2)50-37-52(56(77)38-55(50)76)58-65-66-62(82)75(58)46-17-11-42(12-18-46)39-70-26-24-69(25-27-70)22-21-63(3,4)84-83-47-19-13-43(33-47)36-57(78)73(28-23-68(5)6)40-74-61(81)49-10-8-7-9-48(49)54(67-74)35-44-14-20-53(64)51(34-44)60(80)72-31-29-71(30-32-72)59(79)45-15-16-45/h7-12,14,17-18,20,34,37-38,41,43,45,47,60,76-77,80H,13,15-16,19,21-33,35-36,39-40H2,1-6H3,(H,66,82). The highest BCUT2D eigenvalue weighted by Gasteiger charge is 2.36. The van der Waals surface area contributed by atoms with Crippen LogP contribution in [0, 0.1) is 17.7 Å². The Hall–Kier alpha value is -6.07. The lowest BCUT2D eigenvalue weighted by atomic mass is 9.98. The summed E-state index contributed by atoms with van der Waals surface area (Å²) in [7, 11) is 7.87. The number of fused-ring (bicyclic) bond motifs is 1. The molecule has 4 heterocycles. The second-order valence-corrected chi connectivity index (χ2v) is 27.9. The first kappa shape index (κ1) is 61.0. The topological polar surface area (TPSA) is 200 Å². The smallest absolute Gasteiger partial charge is 0.348 e. The normalized spacial score (nSPS) is 18.8. The highest BCUT2D eigenvalue weighted by Crippen LogP contribution is 2.47. The molecule has 0 spiro atoms. The minimum Gasteiger partial charge on any atom is -0.508 e. The molecule has 6 aromatic rings. The molecule has 2 saturated heterocycles. The molecular formula is C63H82FN11O7S2. The molecular weight excluding hydrogens is 1110 g/mol. The number of hydrogen-bond acceptors (Lipinski definition) is 15. The summed E-state index contributed by atoms with van der Waals surface area (Å²) >= 11 is 0. The predicted octanol–water partition coefficient (Wildman–Crippen LogP) is 8.02. The van der Waals surface area contributed by atoms with Crippen LogP contribution in [0.15, 0.2) is 88.5 Å². The van der Waals surface area contributed by atoms with Crippen LogP contribution in [-0.4, -0.2) is 177 Å². The number of aliphatic hydroxyl groups excluding tert-OH is 1. The number of nitrogens with zero attached hydrogens (tertiary/aromatic N) is 10. The highest BCUT2D eigenvalue weighted by atomic mass is 33.1. The van der Waals surface area contributed by atoms with Gasteiger partial charge < -0.3 is 34.9 Å². The Morgan fingerprint density at radius 2 is 1.52 bits per heavy atom. The van der Waals surface area contributed by atoms with Crippen molar-refractivity contribution >= 4 is 44.2 Å². The lowest BCUT2D eigenvalue weighted by molar-refractivity contribution is -0.136. The van der Waals surface area contributed by atoms with Gasteiger partial charge in [-0.25, -0.2) is 23.5 Å². The SMILES string of the molecule is CC(C)c1cc(-c2n[nH]c(=O)n2-c2ccc(CN3CCN(CCC(C)(C)SSC4CCC(CC(=O)N(CCN(C)C)Cn5nc(Cc6ccc(F)c(C(O)N7CCN(C(=O)C8CC8)CC7)c6)c6ccccc6c5=O)C4)CC3)cc2)c(O)cc1O. The van der Waals surface area contributed by atoms with E-state index in [9.17, 15) is 34.5 Å². The number of halogens is 1. The number of carbonyl (C=O) groups excluding carboxylic acids is 2. The second-order valence-electron chi connectivity index (χ2n) is 24.7. The van der Waals surface area contributed by atoms with Gasteiger partial charge in [0.25, 0.3) is 5.56 Å². The van der Waals surface area contributed by atoms with Crippen LogP contribution in [-0.2, 0) is 29.2 Å². The molecule has 0 radical (unpaired) electrons. The molecule has 3 atom stereocenters. The van der Waals surface area contributed by atoms with E-state index in [0.717, 1.165) is 88.9 Å². The van der Waals surface area contributed by atoms with Gasteiger partial charge in [0.05, 0.1) is 22.3 Å². The number of phenols is 2. The van der Waals surface area contributed by atoms with Crippen LogP contribution in [0.4, 0.5) is 4.39 Å². The first-order valence-electron chi connectivity index (χ1n) is 29.8. The van der Waals surface area contributed by atoms with Gasteiger partial charge in [-0.3, -0.25) is 24.2 Å². The van der Waals surface area contributed by atoms with Crippen molar-refractivity contribution in [1.82, 2.24) is 53.9 Å². The molecule has 4 fully saturated rings. The van der Waals surface area contributed by atoms with Gasteiger partial charge in [-0.15, -0.1) is 0 Å². The van der Waals surface area contributed by atoms with Gasteiger partial charge in [-0.05, 0) is 138 Å². The molecule has 2 aliphatic carbocycles. The number of aromatic nitrogens is 5. The molecule has 84 heavy (non-hydrogen) atoms. The number of H-pyrrole nitrogens is 1. The average Bonchev–Trinajstić information content (AvgIpc) is 4.15. The monoisotopic (exact) mass is 1190 g/mol. The Morgan fingerprint density at radius 3 is 2.23 bits per heavy atom. The van der Waals surface area contributed by atoms with E-state index in [-0.39, 0.29) is 75.9 Å². The summed E-state index contributed by atoms with van der Waals surface area (Å²) < 4.78 is 18.4. The lowest BCUT2D eigenvalue weighted by Crippen LogP contribution is -2.50. The first-order valence-corrected chi connectivity index (χ1v) is 32.0. The van der Waals surface area contributed by atoms with Crippen molar-refractivity contribution in [3.05, 3.63) is 133 Å². The van der Waals surface area contributed by atoms with Crippen LogP contribution in [0.1, 0.15) is 113 Å². The summed E-state index contributed by atoms with van der Waals surface area (Å²) in [5, 5.41) is 45.9. The van der Waals surface area contributed by atoms with Crippen LogP contribution in [0.25, 0.3) is 27.8 Å². The van der Waals surface area contributed by atoms with E-state index in [4.69, 9.17) is 5.10 Å². The fourth-order valence-corrected chi connectivity index (χ4v) is 15.0. The zero-order valence-electron chi connectivity index (χ0n) is 49.4. The molecule has 4 N–H and O–H groups in total. The van der Waals surface area contributed by atoms with Gasteiger partial charge in [0.2, 0.25) is 11.8 Å². The summed E-state index contributed by atoms with van der Waals surface area (Å²) in [6, 6.07) is 22.9.